The van der Waals surface area contributed by atoms with Gasteiger partial charge in [0.05, 0.1) is 10.7 Å². The molecule has 0 aromatic heterocycles. The number of nitrogens with zero attached hydrogens (tertiary/aromatic N) is 1. The summed E-state index contributed by atoms with van der Waals surface area (Å²) in [5, 5.41) is 0.870. The van der Waals surface area contributed by atoms with Crippen molar-refractivity contribution in [2.24, 2.45) is 5.73 Å². The molecule has 2 bridgehead atoms. The summed E-state index contributed by atoms with van der Waals surface area (Å²) in [4.78, 5) is 2.51. The summed E-state index contributed by atoms with van der Waals surface area (Å²) in [5.41, 5.74) is 7.27. The maximum atomic E-state index is 6.28. The lowest BCUT2D eigenvalue weighted by Gasteiger charge is -2.39. The van der Waals surface area contributed by atoms with Gasteiger partial charge in [-0.2, -0.15) is 0 Å². The number of fused-ring (bicyclic) bond motifs is 2. The minimum Gasteiger partial charge on any atom is -0.364 e. The molecule has 3 heteroatoms. The first-order chi connectivity index (χ1) is 7.75. The fraction of sp³-hybridized carbons (Fsp3) is 0.538. The highest BCUT2D eigenvalue weighted by Gasteiger charge is 2.40. The first-order valence-corrected chi connectivity index (χ1v) is 6.42. The van der Waals surface area contributed by atoms with Crippen molar-refractivity contribution in [1.29, 1.82) is 0 Å². The fourth-order valence-electron chi connectivity index (χ4n) is 3.27. The van der Waals surface area contributed by atoms with E-state index in [0.29, 0.717) is 18.1 Å². The molecular weight excluding hydrogens is 220 g/mol. The Labute approximate surface area is 101 Å². The van der Waals surface area contributed by atoms with E-state index in [1.165, 1.54) is 18.5 Å². The number of para-hydroxylation sites is 1. The Morgan fingerprint density at radius 1 is 1.12 bits per heavy atom. The van der Waals surface area contributed by atoms with Gasteiger partial charge in [-0.3, -0.25) is 0 Å². The number of hydrogen-bond acceptors (Lipinski definition) is 2. The van der Waals surface area contributed by atoms with Crippen LogP contribution in [0, 0.1) is 0 Å². The molecule has 86 valence electrons. The average molecular weight is 237 g/mol. The van der Waals surface area contributed by atoms with Gasteiger partial charge in [-0.15, -0.1) is 0 Å². The molecule has 2 fully saturated rings. The molecule has 0 aliphatic carbocycles. The van der Waals surface area contributed by atoms with E-state index in [9.17, 15) is 0 Å². The van der Waals surface area contributed by atoms with Crippen LogP contribution in [0.4, 0.5) is 5.69 Å². The van der Waals surface area contributed by atoms with Crippen molar-refractivity contribution in [3.8, 4) is 0 Å². The molecule has 0 spiro atoms. The van der Waals surface area contributed by atoms with Crippen molar-refractivity contribution in [2.75, 3.05) is 4.90 Å². The molecule has 1 aromatic carbocycles. The first kappa shape index (κ1) is 10.4. The summed E-state index contributed by atoms with van der Waals surface area (Å²) >= 11 is 6.28. The molecule has 2 atom stereocenters. The van der Waals surface area contributed by atoms with E-state index in [1.807, 2.05) is 12.1 Å². The largest absolute Gasteiger partial charge is 0.364 e. The average Bonchev–Trinajstić information content (AvgIpc) is 2.53. The van der Waals surface area contributed by atoms with Crippen LogP contribution in [-0.4, -0.2) is 18.1 Å². The number of anilines is 1. The Morgan fingerprint density at radius 2 is 1.75 bits per heavy atom. The molecule has 0 radical (unpaired) electrons. The van der Waals surface area contributed by atoms with Crippen molar-refractivity contribution in [1.82, 2.24) is 0 Å². The zero-order valence-corrected chi connectivity index (χ0v) is 10.0. The van der Waals surface area contributed by atoms with Gasteiger partial charge in [0.15, 0.2) is 0 Å². The van der Waals surface area contributed by atoms with E-state index in [-0.39, 0.29) is 0 Å². The molecule has 2 aliphatic heterocycles. The summed E-state index contributed by atoms with van der Waals surface area (Å²) in [6.45, 7) is 0. The lowest BCUT2D eigenvalue weighted by Crippen LogP contribution is -2.47. The van der Waals surface area contributed by atoms with E-state index in [1.54, 1.807) is 0 Å². The van der Waals surface area contributed by atoms with Crippen molar-refractivity contribution in [2.45, 2.75) is 43.8 Å². The highest BCUT2D eigenvalue weighted by Crippen LogP contribution is 2.41. The van der Waals surface area contributed by atoms with Crippen LogP contribution in [0.15, 0.2) is 24.3 Å². The van der Waals surface area contributed by atoms with Crippen LogP contribution in [0.3, 0.4) is 0 Å². The second kappa shape index (κ2) is 3.94. The molecule has 0 saturated carbocycles. The van der Waals surface area contributed by atoms with Crippen LogP contribution in [0.5, 0.6) is 0 Å². The van der Waals surface area contributed by atoms with Crippen LogP contribution in [0.2, 0.25) is 5.02 Å². The lowest BCUT2D eigenvalue weighted by molar-refractivity contribution is 0.414. The molecule has 2 unspecified atom stereocenters. The van der Waals surface area contributed by atoms with Gasteiger partial charge < -0.3 is 10.6 Å². The number of benzene rings is 1. The number of rotatable bonds is 1. The Kier molecular flexibility index (Phi) is 2.56. The van der Waals surface area contributed by atoms with Crippen LogP contribution in [0.25, 0.3) is 0 Å². The highest BCUT2D eigenvalue weighted by molar-refractivity contribution is 6.33. The van der Waals surface area contributed by atoms with Gasteiger partial charge in [-0.05, 0) is 37.8 Å². The van der Waals surface area contributed by atoms with Crippen LogP contribution in [0.1, 0.15) is 25.7 Å². The SMILES string of the molecule is NC1CC2CCC(C1)N2c1ccccc1Cl. The topological polar surface area (TPSA) is 29.3 Å². The van der Waals surface area contributed by atoms with Crippen molar-refractivity contribution < 1.29 is 0 Å². The normalized spacial score (nSPS) is 33.1. The summed E-state index contributed by atoms with van der Waals surface area (Å²) in [7, 11) is 0. The van der Waals surface area contributed by atoms with E-state index < -0.39 is 0 Å². The maximum absolute atomic E-state index is 6.28. The Hall–Kier alpha value is -0.730. The lowest BCUT2D eigenvalue weighted by atomic mass is 9.97. The molecule has 1 aromatic rings. The van der Waals surface area contributed by atoms with Crippen LogP contribution < -0.4 is 10.6 Å². The number of hydrogen-bond donors (Lipinski definition) is 1. The monoisotopic (exact) mass is 236 g/mol. The van der Waals surface area contributed by atoms with E-state index >= 15 is 0 Å². The zero-order chi connectivity index (χ0) is 11.1. The number of nitrogens with two attached hydrogens (primary N) is 1. The van der Waals surface area contributed by atoms with Gasteiger partial charge in [-0.25, -0.2) is 0 Å². The Balaban J connectivity index is 1.94. The molecule has 2 nitrogen and oxygen atoms in total. The molecule has 16 heavy (non-hydrogen) atoms. The number of piperidine rings is 1. The Morgan fingerprint density at radius 3 is 2.38 bits per heavy atom. The van der Waals surface area contributed by atoms with Crippen LogP contribution >= 0.6 is 11.6 Å². The van der Waals surface area contributed by atoms with E-state index in [4.69, 9.17) is 17.3 Å². The van der Waals surface area contributed by atoms with Crippen LogP contribution in [-0.2, 0) is 0 Å². The second-order valence-electron chi connectivity index (χ2n) is 4.98. The van der Waals surface area contributed by atoms with Gasteiger partial charge >= 0.3 is 0 Å². The Bertz CT molecular complexity index is 379. The maximum Gasteiger partial charge on any atom is 0.0639 e. The van der Waals surface area contributed by atoms with Crippen molar-refractivity contribution in [3.63, 3.8) is 0 Å². The van der Waals surface area contributed by atoms with Gasteiger partial charge in [-0.1, -0.05) is 23.7 Å². The molecule has 0 amide bonds. The third-order valence-corrected chi connectivity index (χ3v) is 4.22. The fourth-order valence-corrected chi connectivity index (χ4v) is 3.51. The minimum atomic E-state index is 0.385. The van der Waals surface area contributed by atoms with Crippen molar-refractivity contribution >= 4 is 17.3 Å². The third kappa shape index (κ3) is 1.61. The van der Waals surface area contributed by atoms with Gasteiger partial charge in [0.2, 0.25) is 0 Å². The third-order valence-electron chi connectivity index (χ3n) is 3.90. The van der Waals surface area contributed by atoms with Gasteiger partial charge in [0.1, 0.15) is 0 Å². The standard InChI is InChI=1S/C13H17ClN2/c14-12-3-1-2-4-13(12)16-10-5-6-11(16)8-9(15)7-10/h1-4,9-11H,5-8,15H2. The quantitative estimate of drug-likeness (QED) is 0.813. The smallest absolute Gasteiger partial charge is 0.0639 e. The summed E-state index contributed by atoms with van der Waals surface area (Å²) in [6, 6.07) is 9.76. The summed E-state index contributed by atoms with van der Waals surface area (Å²) in [5.74, 6) is 0. The molecular formula is C13H17ClN2. The summed E-state index contributed by atoms with van der Waals surface area (Å²) in [6.07, 6.45) is 4.76. The highest BCUT2D eigenvalue weighted by atomic mass is 35.5. The minimum absolute atomic E-state index is 0.385. The molecule has 3 rings (SSSR count). The predicted octanol–water partition coefficient (Wildman–Crippen LogP) is 2.80. The van der Waals surface area contributed by atoms with E-state index in [2.05, 4.69) is 17.0 Å². The second-order valence-corrected chi connectivity index (χ2v) is 5.38. The predicted molar refractivity (Wildman–Crippen MR) is 68.0 cm³/mol. The number of halogens is 1. The molecule has 2 aliphatic rings. The van der Waals surface area contributed by atoms with Gasteiger partial charge in [0.25, 0.3) is 0 Å². The summed E-state index contributed by atoms with van der Waals surface area (Å²) < 4.78 is 0. The molecule has 2 N–H and O–H groups in total. The zero-order valence-electron chi connectivity index (χ0n) is 9.27. The molecule has 2 heterocycles. The first-order valence-electron chi connectivity index (χ1n) is 6.04. The van der Waals surface area contributed by atoms with E-state index in [0.717, 1.165) is 17.9 Å². The van der Waals surface area contributed by atoms with Gasteiger partial charge in [0, 0.05) is 18.1 Å². The molecule has 2 saturated heterocycles. The van der Waals surface area contributed by atoms with Crippen molar-refractivity contribution in [3.05, 3.63) is 29.3 Å².